The van der Waals surface area contributed by atoms with Gasteiger partial charge in [0.05, 0.1) is 0 Å². The summed E-state index contributed by atoms with van der Waals surface area (Å²) in [6, 6.07) is 32.9. The second kappa shape index (κ2) is 18.8. The second-order valence-electron chi connectivity index (χ2n) is 21.2. The van der Waals surface area contributed by atoms with Crippen LogP contribution >= 0.6 is 0 Å². The van der Waals surface area contributed by atoms with E-state index in [1.807, 2.05) is 12.1 Å². The lowest BCUT2D eigenvalue weighted by atomic mass is 9.71. The van der Waals surface area contributed by atoms with E-state index in [0.29, 0.717) is 66.6 Å². The van der Waals surface area contributed by atoms with Crippen LogP contribution in [0, 0.1) is 13.8 Å². The zero-order valence-corrected chi connectivity index (χ0v) is 44.0. The standard InChI is InChI=1S/C63H42F12N4O4/c1-32-6-16-42(17-7-32)58(60(64,65)66,61(67,68)69)44-22-12-37(13-23-44)55-78-48-26-40-27-49-53(31-41(40)30-52(48)82-55)83-56(79-49)57(4,5)33(2)35-8-18-43(19-9-35)59(62(70,71)72,63(73,74)75)45-20-10-36(11-21-45)54-77-47-25-15-39(29-51(47)81-54)38-14-24-46-50(28-38)80-34(3)76-46/h6-31,33H,1-5H3. The fourth-order valence-electron chi connectivity index (χ4n) is 11.1. The smallest absolute Gasteiger partial charge is 0.411 e. The van der Waals surface area contributed by atoms with Crippen LogP contribution in [0.2, 0.25) is 0 Å². The fraction of sp³-hybridized carbons (Fsp3) is 0.206. The molecule has 0 saturated carbocycles. The maximum absolute atomic E-state index is 15.4. The Bertz CT molecular complexity index is 4350. The minimum atomic E-state index is -5.86. The van der Waals surface area contributed by atoms with Crippen molar-refractivity contribution in [3.05, 3.63) is 203 Å². The molecule has 12 rings (SSSR count). The summed E-state index contributed by atoms with van der Waals surface area (Å²) < 4.78 is 205. The molecule has 83 heavy (non-hydrogen) atoms. The van der Waals surface area contributed by atoms with Gasteiger partial charge in [-0.2, -0.15) is 52.7 Å². The van der Waals surface area contributed by atoms with Crippen molar-refractivity contribution < 1.29 is 70.4 Å². The van der Waals surface area contributed by atoms with Gasteiger partial charge in [-0.3, -0.25) is 0 Å². The molecule has 20 heteroatoms. The second-order valence-corrected chi connectivity index (χ2v) is 21.2. The summed E-state index contributed by atoms with van der Waals surface area (Å²) in [5.41, 5.74) is -8.09. The molecule has 1 atom stereocenters. The van der Waals surface area contributed by atoms with Gasteiger partial charge in [-0.1, -0.05) is 111 Å². The molecule has 12 aromatic rings. The molecule has 1 unspecified atom stereocenters. The number of aryl methyl sites for hydroxylation is 2. The highest BCUT2D eigenvalue weighted by atomic mass is 19.4. The average Bonchev–Trinajstić information content (AvgIpc) is 2.18. The predicted molar refractivity (Wildman–Crippen MR) is 287 cm³/mol. The quantitative estimate of drug-likeness (QED) is 0.125. The summed E-state index contributed by atoms with van der Waals surface area (Å²) in [6.07, 6.45) is -23.3. The molecule has 0 radical (unpaired) electrons. The van der Waals surface area contributed by atoms with Gasteiger partial charge in [0.2, 0.25) is 28.5 Å². The van der Waals surface area contributed by atoms with E-state index in [2.05, 4.69) is 15.0 Å². The van der Waals surface area contributed by atoms with Gasteiger partial charge < -0.3 is 17.7 Å². The number of alkyl halides is 12. The summed E-state index contributed by atoms with van der Waals surface area (Å²) >= 11 is 0. The number of hydrogen-bond acceptors (Lipinski definition) is 8. The lowest BCUT2D eigenvalue weighted by molar-refractivity contribution is -0.290. The topological polar surface area (TPSA) is 104 Å². The zero-order valence-electron chi connectivity index (χ0n) is 44.0. The number of benzene rings is 8. The molecule has 8 nitrogen and oxygen atoms in total. The molecule has 0 fully saturated rings. The van der Waals surface area contributed by atoms with Crippen molar-refractivity contribution in [1.82, 2.24) is 19.9 Å². The number of aromatic nitrogens is 4. The first-order valence-corrected chi connectivity index (χ1v) is 25.7. The van der Waals surface area contributed by atoms with Gasteiger partial charge in [0.25, 0.3) is 0 Å². The molecule has 0 bridgehead atoms. The van der Waals surface area contributed by atoms with Crippen LogP contribution in [0.1, 0.15) is 71.9 Å². The Hall–Kier alpha value is -8.94. The zero-order chi connectivity index (χ0) is 59.0. The van der Waals surface area contributed by atoms with Crippen LogP contribution in [0.3, 0.4) is 0 Å². The first-order valence-electron chi connectivity index (χ1n) is 25.7. The van der Waals surface area contributed by atoms with Crippen molar-refractivity contribution in [2.75, 3.05) is 0 Å². The van der Waals surface area contributed by atoms with E-state index in [0.717, 1.165) is 83.9 Å². The van der Waals surface area contributed by atoms with Gasteiger partial charge in [0.1, 0.15) is 22.1 Å². The van der Waals surface area contributed by atoms with Gasteiger partial charge in [-0.15, -0.1) is 0 Å². The van der Waals surface area contributed by atoms with Gasteiger partial charge in [-0.25, -0.2) is 19.9 Å². The largest absolute Gasteiger partial charge is 0.441 e. The van der Waals surface area contributed by atoms with Gasteiger partial charge in [0.15, 0.2) is 28.2 Å². The number of halogens is 12. The van der Waals surface area contributed by atoms with E-state index in [-0.39, 0.29) is 34.4 Å². The molecule has 0 aliphatic heterocycles. The lowest BCUT2D eigenvalue weighted by Gasteiger charge is -2.38. The summed E-state index contributed by atoms with van der Waals surface area (Å²) in [5.74, 6) is 0.0116. The Morgan fingerprint density at radius 2 is 0.723 bits per heavy atom. The highest BCUT2D eigenvalue weighted by Gasteiger charge is 2.73. The summed E-state index contributed by atoms with van der Waals surface area (Å²) in [4.78, 5) is 18.0. The van der Waals surface area contributed by atoms with Gasteiger partial charge in [0, 0.05) is 23.5 Å². The van der Waals surface area contributed by atoms with Crippen molar-refractivity contribution in [2.24, 2.45) is 0 Å². The maximum atomic E-state index is 15.4. The number of fused-ring (bicyclic) bond motifs is 5. The van der Waals surface area contributed by atoms with Crippen LogP contribution in [0.25, 0.3) is 89.2 Å². The minimum absolute atomic E-state index is 0.0176. The fourth-order valence-corrected chi connectivity index (χ4v) is 11.1. The van der Waals surface area contributed by atoms with Crippen LogP contribution in [-0.4, -0.2) is 44.6 Å². The van der Waals surface area contributed by atoms with Crippen LogP contribution in [-0.2, 0) is 16.2 Å². The van der Waals surface area contributed by atoms with E-state index in [4.69, 9.17) is 22.7 Å². The van der Waals surface area contributed by atoms with Crippen molar-refractivity contribution in [2.45, 2.75) is 81.5 Å². The Balaban J connectivity index is 0.799. The van der Waals surface area contributed by atoms with Crippen LogP contribution in [0.4, 0.5) is 52.7 Å². The van der Waals surface area contributed by atoms with Crippen molar-refractivity contribution in [1.29, 1.82) is 0 Å². The third-order valence-electron chi connectivity index (χ3n) is 15.9. The monoisotopic (exact) mass is 1150 g/mol. The number of rotatable bonds is 10. The Kier molecular flexibility index (Phi) is 12.4. The molecule has 0 N–H and O–H groups in total. The molecule has 0 spiro atoms. The molecule has 422 valence electrons. The number of oxazole rings is 4. The van der Waals surface area contributed by atoms with Crippen molar-refractivity contribution in [3.8, 4) is 34.0 Å². The third kappa shape index (κ3) is 8.77. The molecular weight excluding hydrogens is 1100 g/mol. The average molecular weight is 1150 g/mol. The van der Waals surface area contributed by atoms with E-state index < -0.39 is 69.1 Å². The van der Waals surface area contributed by atoms with Crippen LogP contribution in [0.15, 0.2) is 175 Å². The molecular formula is C63H42F12N4O4. The number of nitrogens with zero attached hydrogens (tertiary/aromatic N) is 4. The summed E-state index contributed by atoms with van der Waals surface area (Å²) in [6.45, 7) is 8.55. The molecule has 0 amide bonds. The van der Waals surface area contributed by atoms with E-state index >= 15 is 26.3 Å². The maximum Gasteiger partial charge on any atom is 0.411 e. The van der Waals surface area contributed by atoms with E-state index in [9.17, 15) is 26.3 Å². The van der Waals surface area contributed by atoms with E-state index in [1.165, 1.54) is 24.3 Å². The highest BCUT2D eigenvalue weighted by Crippen LogP contribution is 2.58. The Morgan fingerprint density at radius 1 is 0.361 bits per heavy atom. The lowest BCUT2D eigenvalue weighted by Crippen LogP contribution is -2.54. The Morgan fingerprint density at radius 3 is 1.19 bits per heavy atom. The molecule has 8 aromatic carbocycles. The number of hydrogen-bond donors (Lipinski definition) is 0. The molecule has 0 saturated heterocycles. The SMILES string of the molecule is Cc1ccc(C(c2ccc(-c3nc4cc5cc6nc(C(C)(C)C(C)c7ccc(C(c8ccc(-c9nc%10ccc(-c%11ccc%12nc(C)oc%12c%11)cc%10o9)cc8)(C(F)(F)F)C(F)(F)F)cc7)oc6cc5cc4o3)cc2)(C(F)(F)F)C(F)(F)F)cc1. The highest BCUT2D eigenvalue weighted by molar-refractivity contribution is 6.01. The van der Waals surface area contributed by atoms with Crippen LogP contribution in [0.5, 0.6) is 0 Å². The van der Waals surface area contributed by atoms with E-state index in [1.54, 1.807) is 83.1 Å². The first-order chi connectivity index (χ1) is 39.1. The van der Waals surface area contributed by atoms with Crippen molar-refractivity contribution >= 4 is 55.2 Å². The molecule has 4 heterocycles. The van der Waals surface area contributed by atoms with Crippen LogP contribution < -0.4 is 0 Å². The first kappa shape index (κ1) is 54.6. The van der Waals surface area contributed by atoms with Crippen molar-refractivity contribution in [3.63, 3.8) is 0 Å². The molecule has 0 aliphatic rings. The third-order valence-corrected chi connectivity index (χ3v) is 15.9. The molecule has 0 aliphatic carbocycles. The normalized spacial score (nSPS) is 13.8. The van der Waals surface area contributed by atoms with Gasteiger partial charge >= 0.3 is 24.7 Å². The predicted octanol–water partition coefficient (Wildman–Crippen LogP) is 18.9. The minimum Gasteiger partial charge on any atom is -0.441 e. The molecule has 4 aromatic heterocycles. The summed E-state index contributed by atoms with van der Waals surface area (Å²) in [7, 11) is 0. The van der Waals surface area contributed by atoms with Gasteiger partial charge in [-0.05, 0) is 135 Å². The Labute approximate surface area is 462 Å². The summed E-state index contributed by atoms with van der Waals surface area (Å²) in [5, 5.41) is 1.17.